The molecule has 1 aliphatic carbocycles. The monoisotopic (exact) mass is 234 g/mol. The van der Waals surface area contributed by atoms with Crippen molar-refractivity contribution >= 4 is 5.97 Å². The van der Waals surface area contributed by atoms with Crippen molar-refractivity contribution in [2.75, 3.05) is 6.61 Å². The van der Waals surface area contributed by atoms with Crippen molar-refractivity contribution in [3.8, 4) is 0 Å². The number of carbonyl (C=O) groups excluding carboxylic acids is 1. The number of hydrogen-bond acceptors (Lipinski definition) is 4. The van der Waals surface area contributed by atoms with Gasteiger partial charge in [-0.15, -0.1) is 0 Å². The first-order chi connectivity index (χ1) is 8.11. The summed E-state index contributed by atoms with van der Waals surface area (Å²) >= 11 is 0. The number of ether oxygens (including phenoxy) is 1. The molecule has 0 saturated heterocycles. The number of nitrogens with zero attached hydrogens (tertiary/aromatic N) is 2. The Morgan fingerprint density at radius 1 is 1.47 bits per heavy atom. The first-order valence-corrected chi connectivity index (χ1v) is 6.17. The lowest BCUT2D eigenvalue weighted by atomic mass is 10.1. The zero-order chi connectivity index (χ0) is 12.4. The third kappa shape index (κ3) is 2.81. The summed E-state index contributed by atoms with van der Waals surface area (Å²) in [4.78, 5) is 20.5. The number of hydrogen-bond donors (Lipinski definition) is 0. The molecule has 0 radical (unpaired) electrons. The van der Waals surface area contributed by atoms with Crippen LogP contribution in [0.4, 0.5) is 0 Å². The third-order valence-corrected chi connectivity index (χ3v) is 2.78. The highest BCUT2D eigenvalue weighted by molar-refractivity contribution is 5.87. The Bertz CT molecular complexity index is 405. The van der Waals surface area contributed by atoms with Crippen molar-refractivity contribution in [2.24, 2.45) is 0 Å². The fraction of sp³-hybridized carbons (Fsp3) is 0.615. The molecule has 1 heterocycles. The predicted octanol–water partition coefficient (Wildman–Crippen LogP) is 2.65. The van der Waals surface area contributed by atoms with Gasteiger partial charge in [-0.25, -0.2) is 14.8 Å². The highest BCUT2D eigenvalue weighted by atomic mass is 16.5. The van der Waals surface area contributed by atoms with Gasteiger partial charge in [0.15, 0.2) is 5.69 Å². The van der Waals surface area contributed by atoms with Crippen LogP contribution in [-0.2, 0) is 4.74 Å². The molecule has 0 spiro atoms. The molecule has 0 aromatic carbocycles. The van der Waals surface area contributed by atoms with Gasteiger partial charge in [0.1, 0.15) is 5.82 Å². The van der Waals surface area contributed by atoms with Gasteiger partial charge in [0.05, 0.1) is 6.61 Å². The second-order valence-corrected chi connectivity index (χ2v) is 4.69. The second-order valence-electron chi connectivity index (χ2n) is 4.69. The van der Waals surface area contributed by atoms with Gasteiger partial charge in [0.2, 0.25) is 0 Å². The number of rotatable bonds is 4. The van der Waals surface area contributed by atoms with Crippen LogP contribution >= 0.6 is 0 Å². The topological polar surface area (TPSA) is 52.1 Å². The molecule has 0 atom stereocenters. The fourth-order valence-electron chi connectivity index (χ4n) is 1.61. The number of aromatic nitrogens is 2. The van der Waals surface area contributed by atoms with Crippen LogP contribution in [0, 0.1) is 0 Å². The minimum Gasteiger partial charge on any atom is -0.461 e. The Morgan fingerprint density at radius 2 is 2.18 bits per heavy atom. The summed E-state index contributed by atoms with van der Waals surface area (Å²) in [6.45, 7) is 6.30. The third-order valence-electron chi connectivity index (χ3n) is 2.78. The van der Waals surface area contributed by atoms with E-state index in [1.807, 2.05) is 0 Å². The van der Waals surface area contributed by atoms with Gasteiger partial charge in [0, 0.05) is 11.6 Å². The van der Waals surface area contributed by atoms with Gasteiger partial charge in [-0.1, -0.05) is 13.8 Å². The average molecular weight is 234 g/mol. The zero-order valence-electron chi connectivity index (χ0n) is 10.6. The summed E-state index contributed by atoms with van der Waals surface area (Å²) in [6, 6.07) is 1.74. The maximum Gasteiger partial charge on any atom is 0.357 e. The van der Waals surface area contributed by atoms with E-state index < -0.39 is 0 Å². The van der Waals surface area contributed by atoms with E-state index in [1.54, 1.807) is 13.0 Å². The van der Waals surface area contributed by atoms with Crippen molar-refractivity contribution < 1.29 is 9.53 Å². The molecule has 1 aromatic rings. The fourth-order valence-corrected chi connectivity index (χ4v) is 1.61. The molecule has 0 bridgehead atoms. The van der Waals surface area contributed by atoms with Crippen molar-refractivity contribution in [3.63, 3.8) is 0 Å². The minimum atomic E-state index is -0.348. The molecule has 4 nitrogen and oxygen atoms in total. The number of carbonyl (C=O) groups is 1. The summed E-state index contributed by atoms with van der Waals surface area (Å²) < 4.78 is 4.99. The molecule has 0 unspecified atom stereocenters. The van der Waals surface area contributed by atoms with E-state index in [2.05, 4.69) is 23.8 Å². The summed E-state index contributed by atoms with van der Waals surface area (Å²) in [5, 5.41) is 0. The summed E-state index contributed by atoms with van der Waals surface area (Å²) in [5.74, 6) is 1.20. The van der Waals surface area contributed by atoms with Crippen LogP contribution in [0.15, 0.2) is 6.07 Å². The Balaban J connectivity index is 2.33. The van der Waals surface area contributed by atoms with E-state index >= 15 is 0 Å². The van der Waals surface area contributed by atoms with Crippen LogP contribution in [0.1, 0.15) is 67.5 Å². The average Bonchev–Trinajstić information content (AvgIpc) is 3.12. The van der Waals surface area contributed by atoms with Crippen molar-refractivity contribution in [2.45, 2.75) is 45.4 Å². The van der Waals surface area contributed by atoms with E-state index in [1.165, 1.54) is 0 Å². The standard InChI is InChI=1S/C13H18N2O2/c1-4-17-13(16)11-7-10(8(2)3)14-12(15-11)9-5-6-9/h7-9H,4-6H2,1-3H3. The van der Waals surface area contributed by atoms with Crippen LogP contribution in [0.25, 0.3) is 0 Å². The zero-order valence-corrected chi connectivity index (χ0v) is 10.6. The highest BCUT2D eigenvalue weighted by Gasteiger charge is 2.28. The molecular formula is C13H18N2O2. The molecule has 0 N–H and O–H groups in total. The van der Waals surface area contributed by atoms with Crippen LogP contribution in [-0.4, -0.2) is 22.5 Å². The van der Waals surface area contributed by atoms with Crippen LogP contribution in [0.3, 0.4) is 0 Å². The van der Waals surface area contributed by atoms with Crippen LogP contribution in [0.2, 0.25) is 0 Å². The van der Waals surface area contributed by atoms with E-state index in [4.69, 9.17) is 4.74 Å². The molecular weight excluding hydrogens is 216 g/mol. The van der Waals surface area contributed by atoms with Gasteiger partial charge in [-0.2, -0.15) is 0 Å². The van der Waals surface area contributed by atoms with Crippen molar-refractivity contribution in [1.29, 1.82) is 0 Å². The Hall–Kier alpha value is -1.45. The smallest absolute Gasteiger partial charge is 0.357 e. The Morgan fingerprint density at radius 3 is 2.71 bits per heavy atom. The number of esters is 1. The lowest BCUT2D eigenvalue weighted by Crippen LogP contribution is -2.11. The summed E-state index contributed by atoms with van der Waals surface area (Å²) in [6.07, 6.45) is 2.26. The largest absolute Gasteiger partial charge is 0.461 e. The van der Waals surface area contributed by atoms with Gasteiger partial charge < -0.3 is 4.74 Å². The Kier molecular flexibility index (Phi) is 3.41. The molecule has 2 rings (SSSR count). The van der Waals surface area contributed by atoms with Gasteiger partial charge >= 0.3 is 5.97 Å². The first kappa shape index (κ1) is 12.0. The molecule has 1 saturated carbocycles. The van der Waals surface area contributed by atoms with Gasteiger partial charge in [0.25, 0.3) is 0 Å². The molecule has 0 amide bonds. The lowest BCUT2D eigenvalue weighted by molar-refractivity contribution is 0.0518. The molecule has 0 aliphatic heterocycles. The normalized spacial score (nSPS) is 15.1. The Labute approximate surface area is 101 Å². The van der Waals surface area contributed by atoms with E-state index in [0.29, 0.717) is 24.1 Å². The first-order valence-electron chi connectivity index (χ1n) is 6.17. The van der Waals surface area contributed by atoms with E-state index in [9.17, 15) is 4.79 Å². The van der Waals surface area contributed by atoms with Crippen molar-refractivity contribution in [3.05, 3.63) is 23.3 Å². The van der Waals surface area contributed by atoms with Crippen LogP contribution < -0.4 is 0 Å². The molecule has 4 heteroatoms. The van der Waals surface area contributed by atoms with Gasteiger partial charge in [-0.05, 0) is 31.7 Å². The molecule has 1 aliphatic rings. The summed E-state index contributed by atoms with van der Waals surface area (Å²) in [7, 11) is 0. The van der Waals surface area contributed by atoms with Gasteiger partial charge in [-0.3, -0.25) is 0 Å². The lowest BCUT2D eigenvalue weighted by Gasteiger charge is -2.09. The van der Waals surface area contributed by atoms with E-state index in [-0.39, 0.29) is 5.97 Å². The maximum absolute atomic E-state index is 11.7. The second kappa shape index (κ2) is 4.82. The maximum atomic E-state index is 11.7. The van der Waals surface area contributed by atoms with Crippen LogP contribution in [0.5, 0.6) is 0 Å². The summed E-state index contributed by atoms with van der Waals surface area (Å²) in [5.41, 5.74) is 1.32. The molecule has 92 valence electrons. The van der Waals surface area contributed by atoms with Crippen molar-refractivity contribution in [1.82, 2.24) is 9.97 Å². The van der Waals surface area contributed by atoms with E-state index in [0.717, 1.165) is 24.4 Å². The highest BCUT2D eigenvalue weighted by Crippen LogP contribution is 2.38. The minimum absolute atomic E-state index is 0.295. The molecule has 1 aromatic heterocycles. The SMILES string of the molecule is CCOC(=O)c1cc(C(C)C)nc(C2CC2)n1. The molecule has 17 heavy (non-hydrogen) atoms. The molecule has 1 fully saturated rings. The predicted molar refractivity (Wildman–Crippen MR) is 64.1 cm³/mol. The quantitative estimate of drug-likeness (QED) is 0.751.